The summed E-state index contributed by atoms with van der Waals surface area (Å²) < 4.78 is 0. The monoisotopic (exact) mass is 699 g/mol. The Morgan fingerprint density at radius 1 is 0.920 bits per heavy atom. The van der Waals surface area contributed by atoms with Gasteiger partial charge in [0.15, 0.2) is 0 Å². The molecule has 0 spiro atoms. The van der Waals surface area contributed by atoms with Gasteiger partial charge in [-0.2, -0.15) is 0 Å². The SMILES string of the molecule is CCCCCCCCC#Cc1ccc(CN(C(=O)CCC2CCCC2)c2ccc(O)c(C(=O)O)c2)cc1.C[NH2+]C[C@H](O)[C@@H](O)[C@H](O)[C@H](O)CO. The molecule has 11 heteroatoms. The predicted octanol–water partition coefficient (Wildman–Crippen LogP) is 3.31. The molecule has 2 aromatic carbocycles. The topological polar surface area (TPSA) is 196 Å². The highest BCUT2D eigenvalue weighted by Crippen LogP contribution is 2.30. The molecule has 0 saturated heterocycles. The minimum atomic E-state index is -1.53. The third kappa shape index (κ3) is 15.2. The number of nitrogens with two attached hydrogens (primary N) is 1. The van der Waals surface area contributed by atoms with Gasteiger partial charge in [-0.15, -0.1) is 0 Å². The number of quaternary nitrogens is 1. The maximum Gasteiger partial charge on any atom is 0.339 e. The van der Waals surface area contributed by atoms with Crippen molar-refractivity contribution >= 4 is 17.6 Å². The highest BCUT2D eigenvalue weighted by molar-refractivity contribution is 5.97. The number of anilines is 1. The van der Waals surface area contributed by atoms with Crippen LogP contribution in [0, 0.1) is 17.8 Å². The Kier molecular flexibility index (Phi) is 20.3. The normalized spacial score (nSPS) is 15.2. The first-order chi connectivity index (χ1) is 24.0. The van der Waals surface area contributed by atoms with Crippen LogP contribution in [0.4, 0.5) is 5.69 Å². The number of amides is 1. The number of hydrogen-bond donors (Lipinski definition) is 8. The maximum atomic E-state index is 13.3. The number of aromatic carboxylic acids is 1. The molecule has 0 radical (unpaired) electrons. The zero-order chi connectivity index (χ0) is 36.9. The fourth-order valence-electron chi connectivity index (χ4n) is 5.93. The molecule has 0 heterocycles. The van der Waals surface area contributed by atoms with E-state index in [9.17, 15) is 30.0 Å². The fourth-order valence-corrected chi connectivity index (χ4v) is 5.93. The molecule has 1 fully saturated rings. The van der Waals surface area contributed by atoms with E-state index in [1.54, 1.807) is 23.3 Å². The third-order valence-electron chi connectivity index (χ3n) is 9.05. The van der Waals surface area contributed by atoms with Crippen LogP contribution in [-0.4, -0.2) is 92.2 Å². The van der Waals surface area contributed by atoms with Crippen LogP contribution in [0.15, 0.2) is 42.5 Å². The maximum absolute atomic E-state index is 13.3. The molecule has 3 rings (SSSR count). The molecule has 1 amide bonds. The summed E-state index contributed by atoms with van der Waals surface area (Å²) in [5.41, 5.74) is 2.17. The molecule has 50 heavy (non-hydrogen) atoms. The van der Waals surface area contributed by atoms with Crippen molar-refractivity contribution in [2.75, 3.05) is 25.1 Å². The summed E-state index contributed by atoms with van der Waals surface area (Å²) in [5.74, 6) is 5.54. The molecule has 278 valence electrons. The number of hydrogen-bond acceptors (Lipinski definition) is 8. The lowest BCUT2D eigenvalue weighted by atomic mass is 10.0. The highest BCUT2D eigenvalue weighted by atomic mass is 16.4. The second kappa shape index (κ2) is 23.8. The second-order valence-electron chi connectivity index (χ2n) is 13.1. The zero-order valence-electron chi connectivity index (χ0n) is 29.7. The number of nitrogens with zero attached hydrogens (tertiary/aromatic N) is 1. The summed E-state index contributed by atoms with van der Waals surface area (Å²) in [4.78, 5) is 26.5. The Balaban J connectivity index is 0.000000565. The van der Waals surface area contributed by atoms with E-state index in [2.05, 4.69) is 18.8 Å². The fraction of sp³-hybridized carbons (Fsp3) is 0.590. The molecule has 0 unspecified atom stereocenters. The number of aliphatic hydroxyl groups is 5. The largest absolute Gasteiger partial charge is 0.507 e. The van der Waals surface area contributed by atoms with Crippen LogP contribution >= 0.6 is 0 Å². The number of rotatable bonds is 19. The zero-order valence-corrected chi connectivity index (χ0v) is 29.7. The smallest absolute Gasteiger partial charge is 0.339 e. The molecule has 1 saturated carbocycles. The van der Waals surface area contributed by atoms with Crippen molar-refractivity contribution in [1.82, 2.24) is 0 Å². The van der Waals surface area contributed by atoms with Crippen molar-refractivity contribution in [3.8, 4) is 17.6 Å². The third-order valence-corrected chi connectivity index (χ3v) is 9.05. The number of aliphatic hydroxyl groups excluding tert-OH is 5. The van der Waals surface area contributed by atoms with Gasteiger partial charge in [0.05, 0.1) is 20.2 Å². The predicted molar refractivity (Wildman–Crippen MR) is 193 cm³/mol. The van der Waals surface area contributed by atoms with Crippen molar-refractivity contribution in [1.29, 1.82) is 0 Å². The quantitative estimate of drug-likeness (QED) is 0.0802. The van der Waals surface area contributed by atoms with Gasteiger partial charge in [-0.1, -0.05) is 88.7 Å². The van der Waals surface area contributed by atoms with E-state index < -0.39 is 37.0 Å². The number of carboxylic acids is 1. The summed E-state index contributed by atoms with van der Waals surface area (Å²) in [7, 11) is 1.70. The number of likely N-dealkylation sites (N-methyl/N-ethyl adjacent to an activating group) is 1. The molecule has 11 nitrogen and oxygen atoms in total. The molecular formula is C39H59N2O9+. The van der Waals surface area contributed by atoms with Gasteiger partial charge in [-0.25, -0.2) is 4.79 Å². The molecule has 9 N–H and O–H groups in total. The first kappa shape index (κ1) is 42.7. The van der Waals surface area contributed by atoms with Gasteiger partial charge in [0.25, 0.3) is 0 Å². The molecule has 2 aromatic rings. The van der Waals surface area contributed by atoms with Crippen molar-refractivity contribution in [2.24, 2.45) is 5.92 Å². The molecular weight excluding hydrogens is 640 g/mol. The van der Waals surface area contributed by atoms with Crippen molar-refractivity contribution < 1.29 is 50.7 Å². The summed E-state index contributed by atoms with van der Waals surface area (Å²) in [5, 5.41) is 66.0. The summed E-state index contributed by atoms with van der Waals surface area (Å²) >= 11 is 0. The lowest BCUT2D eigenvalue weighted by Crippen LogP contribution is -2.83. The Morgan fingerprint density at radius 2 is 1.56 bits per heavy atom. The van der Waals surface area contributed by atoms with Gasteiger partial charge in [-0.3, -0.25) is 4.79 Å². The van der Waals surface area contributed by atoms with E-state index in [1.165, 1.54) is 69.9 Å². The van der Waals surface area contributed by atoms with Crippen molar-refractivity contribution in [3.05, 3.63) is 59.2 Å². The van der Waals surface area contributed by atoms with Crippen LogP contribution < -0.4 is 10.2 Å². The van der Waals surface area contributed by atoms with Gasteiger partial charge in [0.1, 0.15) is 42.3 Å². The lowest BCUT2D eigenvalue weighted by molar-refractivity contribution is -0.635. The molecule has 0 bridgehead atoms. The summed E-state index contributed by atoms with van der Waals surface area (Å²) in [6.07, 6.45) is 9.03. The molecule has 0 aliphatic heterocycles. The molecule has 1 aliphatic carbocycles. The molecule has 0 aromatic heterocycles. The number of carbonyl (C=O) groups is 2. The summed E-state index contributed by atoms with van der Waals surface area (Å²) in [6.45, 7) is 2.13. The number of phenols is 1. The Bertz CT molecular complexity index is 1340. The van der Waals surface area contributed by atoms with E-state index in [4.69, 9.17) is 15.3 Å². The van der Waals surface area contributed by atoms with Gasteiger partial charge in [0, 0.05) is 24.1 Å². The Labute approximate surface area is 297 Å². The van der Waals surface area contributed by atoms with E-state index in [0.717, 1.165) is 30.4 Å². The molecule has 1 aliphatic rings. The van der Waals surface area contributed by atoms with Crippen LogP contribution in [0.1, 0.15) is 112 Å². The average Bonchev–Trinajstić information content (AvgIpc) is 3.65. The van der Waals surface area contributed by atoms with Crippen LogP contribution in [0.25, 0.3) is 0 Å². The summed E-state index contributed by atoms with van der Waals surface area (Å²) in [6, 6.07) is 12.2. The Morgan fingerprint density at radius 3 is 2.18 bits per heavy atom. The number of aromatic hydroxyl groups is 1. The van der Waals surface area contributed by atoms with Gasteiger partial charge in [0.2, 0.25) is 5.91 Å². The standard InChI is InChI=1S/C32H41NO4.C7H17NO5/c1-2-3-4-5-6-7-8-9-12-26-15-17-27(18-16-26)24-33(31(35)22-19-25-13-10-11-14-25)28-20-21-30(34)29(23-28)32(36)37;1-8-2-4(10)6(12)7(13)5(11)3-9/h15-18,20-21,23,25,34H,2-8,10-11,13-14,19,22,24H2,1H3,(H,36,37);4-13H,2-3H2,1H3/p+1/t;4-,5+,6+,7+/m.0/s1. The highest BCUT2D eigenvalue weighted by Gasteiger charge is 2.30. The van der Waals surface area contributed by atoms with E-state index in [-0.39, 0.29) is 23.8 Å². The Hall–Kier alpha value is -3.50. The first-order valence-electron chi connectivity index (χ1n) is 18.1. The minimum Gasteiger partial charge on any atom is -0.507 e. The van der Waals surface area contributed by atoms with E-state index in [1.807, 2.05) is 24.3 Å². The van der Waals surface area contributed by atoms with Crippen molar-refractivity contribution in [3.63, 3.8) is 0 Å². The average molecular weight is 700 g/mol. The van der Waals surface area contributed by atoms with Crippen LogP contribution in [-0.2, 0) is 11.3 Å². The van der Waals surface area contributed by atoms with Gasteiger partial charge in [-0.05, 0) is 54.7 Å². The molecule has 4 atom stereocenters. The van der Waals surface area contributed by atoms with Gasteiger partial charge >= 0.3 is 5.97 Å². The van der Waals surface area contributed by atoms with E-state index in [0.29, 0.717) is 24.6 Å². The minimum absolute atomic E-state index is 0.0308. The lowest BCUT2D eigenvalue weighted by Gasteiger charge is -2.24. The van der Waals surface area contributed by atoms with Crippen LogP contribution in [0.5, 0.6) is 5.75 Å². The first-order valence-corrected chi connectivity index (χ1v) is 18.1. The number of carboxylic acid groups (broad SMARTS) is 1. The second-order valence-corrected chi connectivity index (χ2v) is 13.1. The number of benzene rings is 2. The number of carbonyl (C=O) groups excluding carboxylic acids is 1. The van der Waals surface area contributed by atoms with Crippen LogP contribution in [0.2, 0.25) is 0 Å². The van der Waals surface area contributed by atoms with E-state index >= 15 is 0 Å². The van der Waals surface area contributed by atoms with Crippen LogP contribution in [0.3, 0.4) is 0 Å². The number of unbranched alkanes of at least 4 members (excludes halogenated alkanes) is 6. The van der Waals surface area contributed by atoms with Crippen molar-refractivity contribution in [2.45, 2.75) is 121 Å². The van der Waals surface area contributed by atoms with Gasteiger partial charge < -0.3 is 46.0 Å².